The summed E-state index contributed by atoms with van der Waals surface area (Å²) in [5.74, 6) is -0.997. The molecule has 66 valence electrons. The van der Waals surface area contributed by atoms with Crippen molar-refractivity contribution in [2.24, 2.45) is 5.73 Å². The zero-order valence-electron chi connectivity index (χ0n) is 6.37. The summed E-state index contributed by atoms with van der Waals surface area (Å²) in [5, 5.41) is 8.63. The Balaban J connectivity index is 3.02. The second-order valence-corrected chi connectivity index (χ2v) is 5.01. The lowest BCUT2D eigenvalue weighted by Crippen LogP contribution is -2.20. The Hall–Kier alpha value is -0.390. The van der Waals surface area contributed by atoms with E-state index in [4.69, 9.17) is 10.8 Å². The number of halogens is 1. The van der Waals surface area contributed by atoms with Crippen LogP contribution in [0.3, 0.4) is 0 Å². The van der Waals surface area contributed by atoms with E-state index in [9.17, 15) is 4.79 Å². The van der Waals surface area contributed by atoms with Crippen LogP contribution in [0.1, 0.15) is 16.5 Å². The monoisotopic (exact) mass is 249 g/mol. The standard InChI is InChI=1S/C7H8BrNO2S/c1-3-4(2-5(8)12-3)6(9)7(10)11/h2,6H,9H2,1H3,(H,10,11). The van der Waals surface area contributed by atoms with Gasteiger partial charge in [-0.2, -0.15) is 0 Å². The number of thiophene rings is 1. The van der Waals surface area contributed by atoms with Crippen molar-refractivity contribution in [2.45, 2.75) is 13.0 Å². The number of rotatable bonds is 2. The molecule has 1 unspecified atom stereocenters. The lowest BCUT2D eigenvalue weighted by molar-refractivity contribution is -0.138. The van der Waals surface area contributed by atoms with Crippen LogP contribution < -0.4 is 5.73 Å². The van der Waals surface area contributed by atoms with Crippen LogP contribution in [-0.4, -0.2) is 11.1 Å². The summed E-state index contributed by atoms with van der Waals surface area (Å²) in [7, 11) is 0. The molecule has 0 amide bonds. The van der Waals surface area contributed by atoms with E-state index in [1.54, 1.807) is 6.07 Å². The van der Waals surface area contributed by atoms with Gasteiger partial charge in [-0.05, 0) is 34.5 Å². The normalized spacial score (nSPS) is 12.9. The van der Waals surface area contributed by atoms with E-state index < -0.39 is 12.0 Å². The van der Waals surface area contributed by atoms with Crippen molar-refractivity contribution in [3.05, 3.63) is 20.3 Å². The Morgan fingerprint density at radius 2 is 2.42 bits per heavy atom. The molecular weight excluding hydrogens is 242 g/mol. The Labute approximate surface area is 82.3 Å². The number of carboxylic acids is 1. The maximum Gasteiger partial charge on any atom is 0.325 e. The fraction of sp³-hybridized carbons (Fsp3) is 0.286. The topological polar surface area (TPSA) is 63.3 Å². The number of hydrogen-bond donors (Lipinski definition) is 2. The molecule has 1 heterocycles. The van der Waals surface area contributed by atoms with Crippen molar-refractivity contribution in [3.63, 3.8) is 0 Å². The van der Waals surface area contributed by atoms with E-state index in [0.29, 0.717) is 5.56 Å². The minimum Gasteiger partial charge on any atom is -0.480 e. The highest BCUT2D eigenvalue weighted by molar-refractivity contribution is 9.11. The summed E-state index contributed by atoms with van der Waals surface area (Å²) >= 11 is 4.76. The molecule has 0 saturated heterocycles. The Morgan fingerprint density at radius 1 is 1.83 bits per heavy atom. The summed E-state index contributed by atoms with van der Waals surface area (Å²) in [6.07, 6.45) is 0. The van der Waals surface area contributed by atoms with Crippen LogP contribution >= 0.6 is 27.3 Å². The number of carbonyl (C=O) groups is 1. The van der Waals surface area contributed by atoms with Crippen molar-refractivity contribution in [3.8, 4) is 0 Å². The van der Waals surface area contributed by atoms with Gasteiger partial charge < -0.3 is 10.8 Å². The third kappa shape index (κ3) is 1.85. The lowest BCUT2D eigenvalue weighted by atomic mass is 10.1. The van der Waals surface area contributed by atoms with Crippen LogP contribution in [0.25, 0.3) is 0 Å². The van der Waals surface area contributed by atoms with Crippen LogP contribution in [0.4, 0.5) is 0 Å². The first-order chi connectivity index (χ1) is 5.52. The molecule has 0 spiro atoms. The lowest BCUT2D eigenvalue weighted by Gasteiger charge is -2.03. The van der Waals surface area contributed by atoms with Crippen molar-refractivity contribution in [1.29, 1.82) is 0 Å². The third-order valence-electron chi connectivity index (χ3n) is 1.53. The van der Waals surface area contributed by atoms with Crippen LogP contribution in [0, 0.1) is 6.92 Å². The number of hydrogen-bond acceptors (Lipinski definition) is 3. The predicted octanol–water partition coefficient (Wildman–Crippen LogP) is 1.90. The first-order valence-electron chi connectivity index (χ1n) is 3.26. The molecule has 0 bridgehead atoms. The van der Waals surface area contributed by atoms with E-state index in [0.717, 1.165) is 8.66 Å². The molecule has 0 aromatic carbocycles. The molecule has 0 aliphatic carbocycles. The molecule has 0 aliphatic heterocycles. The van der Waals surface area contributed by atoms with E-state index in [2.05, 4.69) is 15.9 Å². The third-order valence-corrected chi connectivity index (χ3v) is 3.10. The van der Waals surface area contributed by atoms with E-state index in [-0.39, 0.29) is 0 Å². The van der Waals surface area contributed by atoms with Gasteiger partial charge in [0.05, 0.1) is 3.79 Å². The minimum absolute atomic E-state index is 0.680. The molecule has 1 atom stereocenters. The Morgan fingerprint density at radius 3 is 2.75 bits per heavy atom. The molecule has 0 fully saturated rings. The van der Waals surface area contributed by atoms with Gasteiger partial charge in [0.15, 0.2) is 0 Å². The zero-order valence-corrected chi connectivity index (χ0v) is 8.78. The maximum atomic E-state index is 10.5. The smallest absolute Gasteiger partial charge is 0.325 e. The summed E-state index contributed by atoms with van der Waals surface area (Å²) in [6, 6.07) is 0.839. The molecule has 1 aromatic heterocycles. The maximum absolute atomic E-state index is 10.5. The van der Waals surface area contributed by atoms with Gasteiger partial charge in [0, 0.05) is 4.88 Å². The van der Waals surface area contributed by atoms with Gasteiger partial charge in [-0.15, -0.1) is 11.3 Å². The second-order valence-electron chi connectivity index (χ2n) is 2.38. The molecule has 1 rings (SSSR count). The van der Waals surface area contributed by atoms with Gasteiger partial charge in [-0.1, -0.05) is 0 Å². The molecule has 12 heavy (non-hydrogen) atoms. The number of nitrogens with two attached hydrogens (primary N) is 1. The van der Waals surface area contributed by atoms with E-state index in [1.807, 2.05) is 6.92 Å². The molecule has 0 radical (unpaired) electrons. The van der Waals surface area contributed by atoms with Crippen molar-refractivity contribution < 1.29 is 9.90 Å². The first-order valence-corrected chi connectivity index (χ1v) is 4.87. The van der Waals surface area contributed by atoms with Crippen LogP contribution in [-0.2, 0) is 4.79 Å². The Kier molecular flexibility index (Phi) is 2.87. The highest BCUT2D eigenvalue weighted by Crippen LogP contribution is 2.29. The SMILES string of the molecule is Cc1sc(Br)cc1C(N)C(=O)O. The van der Waals surface area contributed by atoms with Crippen LogP contribution in [0.5, 0.6) is 0 Å². The van der Waals surface area contributed by atoms with Gasteiger partial charge in [0.1, 0.15) is 6.04 Å². The van der Waals surface area contributed by atoms with Gasteiger partial charge in [0.2, 0.25) is 0 Å². The molecule has 5 heteroatoms. The summed E-state index contributed by atoms with van der Waals surface area (Å²) in [6.45, 7) is 1.85. The quantitative estimate of drug-likeness (QED) is 0.842. The van der Waals surface area contributed by atoms with Crippen LogP contribution in [0.15, 0.2) is 9.85 Å². The molecule has 1 aromatic rings. The average molecular weight is 250 g/mol. The molecule has 0 saturated carbocycles. The Bertz CT molecular complexity index is 310. The molecule has 0 aliphatic rings. The largest absolute Gasteiger partial charge is 0.480 e. The zero-order chi connectivity index (χ0) is 9.30. The first kappa shape index (κ1) is 9.70. The highest BCUT2D eigenvalue weighted by Gasteiger charge is 2.18. The van der Waals surface area contributed by atoms with Crippen molar-refractivity contribution in [2.75, 3.05) is 0 Å². The number of aryl methyl sites for hydroxylation is 1. The fourth-order valence-electron chi connectivity index (χ4n) is 0.900. The number of aliphatic carboxylic acids is 1. The van der Waals surface area contributed by atoms with Crippen molar-refractivity contribution in [1.82, 2.24) is 0 Å². The second kappa shape index (κ2) is 3.55. The van der Waals surface area contributed by atoms with Gasteiger partial charge in [-0.3, -0.25) is 4.79 Å². The average Bonchev–Trinajstić information content (AvgIpc) is 2.28. The molecule has 3 N–H and O–H groups in total. The summed E-state index contributed by atoms with van der Waals surface area (Å²) < 4.78 is 0.909. The van der Waals surface area contributed by atoms with Gasteiger partial charge in [0.25, 0.3) is 0 Å². The van der Waals surface area contributed by atoms with Crippen molar-refractivity contribution >= 4 is 33.2 Å². The predicted molar refractivity (Wildman–Crippen MR) is 51.3 cm³/mol. The van der Waals surface area contributed by atoms with E-state index in [1.165, 1.54) is 11.3 Å². The summed E-state index contributed by atoms with van der Waals surface area (Å²) in [5.41, 5.74) is 6.12. The van der Waals surface area contributed by atoms with E-state index >= 15 is 0 Å². The van der Waals surface area contributed by atoms with Crippen LogP contribution in [0.2, 0.25) is 0 Å². The fourth-order valence-corrected chi connectivity index (χ4v) is 2.66. The molecule has 3 nitrogen and oxygen atoms in total. The summed E-state index contributed by atoms with van der Waals surface area (Å²) in [4.78, 5) is 11.5. The highest BCUT2D eigenvalue weighted by atomic mass is 79.9. The minimum atomic E-state index is -0.997. The van der Waals surface area contributed by atoms with Gasteiger partial charge >= 0.3 is 5.97 Å². The number of carboxylic acid groups (broad SMARTS) is 1. The van der Waals surface area contributed by atoms with Gasteiger partial charge in [-0.25, -0.2) is 0 Å². The molecular formula is C7H8BrNO2S.